The largest absolute Gasteiger partial charge is 0.371 e. The minimum Gasteiger partial charge on any atom is -0.371 e. The Morgan fingerprint density at radius 3 is 2.70 bits per heavy atom. The lowest BCUT2D eigenvalue weighted by atomic mass is 10.1. The average Bonchev–Trinajstić information content (AvgIpc) is 2.85. The molecule has 8 nitrogen and oxygen atoms in total. The Balaban J connectivity index is 1.36. The van der Waals surface area contributed by atoms with Gasteiger partial charge in [0, 0.05) is 62.4 Å². The van der Waals surface area contributed by atoms with Crippen LogP contribution < -0.4 is 20.9 Å². The third kappa shape index (κ3) is 6.65. The number of carbonyl (C=O) groups is 1. The standard InChI is InChI=1S/C25H31N7O/c1-19(33)26-12-6-13-27-24-10-9-20(18-29-24)23-11-14-28-25(31-23)30-21-7-5-8-22(17-21)32-15-3-2-4-16-32/h5,7-11,14,17-18H,2-4,6,12-13,15-16H2,1H3,(H,26,33)(H,27,29)(H,28,30,31). The van der Waals surface area contributed by atoms with Crippen LogP contribution >= 0.6 is 0 Å². The molecule has 0 unspecified atom stereocenters. The molecule has 1 aliphatic heterocycles. The maximum atomic E-state index is 10.9. The van der Waals surface area contributed by atoms with Gasteiger partial charge in [-0.15, -0.1) is 0 Å². The lowest BCUT2D eigenvalue weighted by molar-refractivity contribution is -0.118. The monoisotopic (exact) mass is 445 g/mol. The number of aromatic nitrogens is 3. The van der Waals surface area contributed by atoms with Crippen molar-refractivity contribution >= 4 is 29.0 Å². The number of rotatable bonds is 9. The number of amides is 1. The predicted molar refractivity (Wildman–Crippen MR) is 133 cm³/mol. The van der Waals surface area contributed by atoms with E-state index >= 15 is 0 Å². The van der Waals surface area contributed by atoms with E-state index in [1.165, 1.54) is 31.9 Å². The number of hydrogen-bond donors (Lipinski definition) is 3. The molecule has 3 N–H and O–H groups in total. The third-order valence-electron chi connectivity index (χ3n) is 5.57. The highest BCUT2D eigenvalue weighted by molar-refractivity contribution is 5.72. The molecule has 1 aliphatic rings. The molecule has 0 atom stereocenters. The van der Waals surface area contributed by atoms with Gasteiger partial charge in [-0.2, -0.15) is 0 Å². The highest BCUT2D eigenvalue weighted by atomic mass is 16.1. The molecule has 0 aliphatic carbocycles. The second-order valence-electron chi connectivity index (χ2n) is 8.18. The van der Waals surface area contributed by atoms with Crippen LogP contribution in [0.4, 0.5) is 23.1 Å². The molecule has 33 heavy (non-hydrogen) atoms. The number of nitrogens with one attached hydrogen (secondary N) is 3. The van der Waals surface area contributed by atoms with E-state index in [4.69, 9.17) is 0 Å². The summed E-state index contributed by atoms with van der Waals surface area (Å²) >= 11 is 0. The fraction of sp³-hybridized carbons (Fsp3) is 0.360. The molecule has 2 aromatic heterocycles. The zero-order valence-corrected chi connectivity index (χ0v) is 19.1. The van der Waals surface area contributed by atoms with E-state index in [2.05, 4.69) is 54.0 Å². The lowest BCUT2D eigenvalue weighted by Gasteiger charge is -2.29. The predicted octanol–water partition coefficient (Wildman–Crippen LogP) is 4.21. The van der Waals surface area contributed by atoms with Crippen LogP contribution in [0.15, 0.2) is 54.9 Å². The quantitative estimate of drug-likeness (QED) is 0.425. The van der Waals surface area contributed by atoms with Crippen molar-refractivity contribution in [3.8, 4) is 11.3 Å². The normalized spacial score (nSPS) is 13.4. The summed E-state index contributed by atoms with van der Waals surface area (Å²) < 4.78 is 0. The van der Waals surface area contributed by atoms with Crippen LogP contribution in [-0.4, -0.2) is 47.0 Å². The van der Waals surface area contributed by atoms with Gasteiger partial charge in [-0.3, -0.25) is 4.79 Å². The van der Waals surface area contributed by atoms with Crippen molar-refractivity contribution in [1.29, 1.82) is 0 Å². The molecule has 1 aromatic carbocycles. The zero-order valence-electron chi connectivity index (χ0n) is 19.1. The maximum absolute atomic E-state index is 10.9. The molecule has 0 saturated carbocycles. The molecular weight excluding hydrogens is 414 g/mol. The minimum atomic E-state index is -0.00843. The van der Waals surface area contributed by atoms with Crippen LogP contribution in [0.25, 0.3) is 11.3 Å². The van der Waals surface area contributed by atoms with Crippen LogP contribution in [-0.2, 0) is 4.79 Å². The van der Waals surface area contributed by atoms with Gasteiger partial charge in [0.2, 0.25) is 11.9 Å². The van der Waals surface area contributed by atoms with Gasteiger partial charge in [0.1, 0.15) is 5.82 Å². The fourth-order valence-corrected chi connectivity index (χ4v) is 3.86. The van der Waals surface area contributed by atoms with E-state index in [9.17, 15) is 4.79 Å². The summed E-state index contributed by atoms with van der Waals surface area (Å²) in [6.07, 6.45) is 8.22. The second-order valence-corrected chi connectivity index (χ2v) is 8.18. The number of hydrogen-bond acceptors (Lipinski definition) is 7. The molecule has 0 bridgehead atoms. The summed E-state index contributed by atoms with van der Waals surface area (Å²) in [5.41, 5.74) is 3.95. The molecule has 3 heterocycles. The second kappa shape index (κ2) is 11.3. The summed E-state index contributed by atoms with van der Waals surface area (Å²) in [4.78, 5) is 26.9. The molecule has 8 heteroatoms. The molecule has 0 spiro atoms. The Bertz CT molecular complexity index is 1050. The number of benzene rings is 1. The SMILES string of the molecule is CC(=O)NCCCNc1ccc(-c2ccnc(Nc3cccc(N4CCCCC4)c3)n2)cn1. The number of carbonyl (C=O) groups excluding carboxylic acids is 1. The number of piperidine rings is 1. The molecule has 3 aromatic rings. The van der Waals surface area contributed by atoms with Gasteiger partial charge >= 0.3 is 0 Å². The van der Waals surface area contributed by atoms with E-state index in [1.807, 2.05) is 24.3 Å². The van der Waals surface area contributed by atoms with Gasteiger partial charge in [0.05, 0.1) is 5.69 Å². The molecular formula is C25H31N7O. The zero-order chi connectivity index (χ0) is 22.9. The molecule has 0 radical (unpaired) electrons. The summed E-state index contributed by atoms with van der Waals surface area (Å²) in [5, 5.41) is 9.39. The minimum absolute atomic E-state index is 0.00843. The van der Waals surface area contributed by atoms with Crippen LogP contribution in [0.1, 0.15) is 32.6 Å². The molecule has 172 valence electrons. The number of nitrogens with zero attached hydrogens (tertiary/aromatic N) is 4. The average molecular weight is 446 g/mol. The molecule has 1 fully saturated rings. The van der Waals surface area contributed by atoms with Crippen molar-refractivity contribution < 1.29 is 4.79 Å². The highest BCUT2D eigenvalue weighted by Crippen LogP contribution is 2.25. The van der Waals surface area contributed by atoms with Gasteiger partial charge in [0.25, 0.3) is 0 Å². The van der Waals surface area contributed by atoms with E-state index in [1.54, 1.807) is 12.4 Å². The van der Waals surface area contributed by atoms with Crippen molar-refractivity contribution in [2.45, 2.75) is 32.6 Å². The first-order valence-corrected chi connectivity index (χ1v) is 11.6. The van der Waals surface area contributed by atoms with Gasteiger partial charge in [-0.25, -0.2) is 15.0 Å². The Hall–Kier alpha value is -3.68. The van der Waals surface area contributed by atoms with Crippen molar-refractivity contribution in [3.63, 3.8) is 0 Å². The van der Waals surface area contributed by atoms with E-state index < -0.39 is 0 Å². The lowest BCUT2D eigenvalue weighted by Crippen LogP contribution is -2.29. The van der Waals surface area contributed by atoms with Crippen molar-refractivity contribution in [3.05, 3.63) is 54.9 Å². The van der Waals surface area contributed by atoms with Gasteiger partial charge in [-0.1, -0.05) is 6.07 Å². The van der Waals surface area contributed by atoms with Crippen molar-refractivity contribution in [2.24, 2.45) is 0 Å². The third-order valence-corrected chi connectivity index (χ3v) is 5.57. The van der Waals surface area contributed by atoms with Crippen LogP contribution in [0, 0.1) is 0 Å². The van der Waals surface area contributed by atoms with Crippen LogP contribution in [0.3, 0.4) is 0 Å². The topological polar surface area (TPSA) is 95.1 Å². The Morgan fingerprint density at radius 1 is 1.03 bits per heavy atom. The Morgan fingerprint density at radius 2 is 1.91 bits per heavy atom. The molecule has 1 amide bonds. The van der Waals surface area contributed by atoms with E-state index in [0.29, 0.717) is 12.5 Å². The van der Waals surface area contributed by atoms with Crippen LogP contribution in [0.5, 0.6) is 0 Å². The molecule has 4 rings (SSSR count). The first-order chi connectivity index (χ1) is 16.2. The number of pyridine rings is 1. The summed E-state index contributed by atoms with van der Waals surface area (Å²) in [6, 6.07) is 14.2. The van der Waals surface area contributed by atoms with Crippen LogP contribution in [0.2, 0.25) is 0 Å². The molecule has 1 saturated heterocycles. The van der Waals surface area contributed by atoms with E-state index in [0.717, 1.165) is 48.8 Å². The highest BCUT2D eigenvalue weighted by Gasteiger charge is 2.11. The smallest absolute Gasteiger partial charge is 0.227 e. The van der Waals surface area contributed by atoms with Gasteiger partial charge in [0.15, 0.2) is 0 Å². The van der Waals surface area contributed by atoms with Gasteiger partial charge < -0.3 is 20.9 Å². The van der Waals surface area contributed by atoms with Crippen molar-refractivity contribution in [2.75, 3.05) is 41.7 Å². The maximum Gasteiger partial charge on any atom is 0.227 e. The van der Waals surface area contributed by atoms with Gasteiger partial charge in [-0.05, 0) is 62.1 Å². The fourth-order valence-electron chi connectivity index (χ4n) is 3.86. The Labute approximate surface area is 194 Å². The van der Waals surface area contributed by atoms with E-state index in [-0.39, 0.29) is 5.91 Å². The first kappa shape index (κ1) is 22.5. The number of anilines is 4. The first-order valence-electron chi connectivity index (χ1n) is 11.6. The van der Waals surface area contributed by atoms with Crippen molar-refractivity contribution in [1.82, 2.24) is 20.3 Å². The Kier molecular flexibility index (Phi) is 7.68. The summed E-state index contributed by atoms with van der Waals surface area (Å²) in [5.74, 6) is 1.35. The summed E-state index contributed by atoms with van der Waals surface area (Å²) in [6.45, 7) is 5.14. The summed E-state index contributed by atoms with van der Waals surface area (Å²) in [7, 11) is 0.